The second-order valence-electron chi connectivity index (χ2n) is 8.32. The lowest BCUT2D eigenvalue weighted by Gasteiger charge is -2.35. The predicted octanol–water partition coefficient (Wildman–Crippen LogP) is 3.02. The summed E-state index contributed by atoms with van der Waals surface area (Å²) in [6.07, 6.45) is 0.252. The highest BCUT2D eigenvalue weighted by molar-refractivity contribution is 5.96. The minimum atomic E-state index is -0.158. The van der Waals surface area contributed by atoms with Crippen molar-refractivity contribution in [2.75, 3.05) is 32.7 Å². The summed E-state index contributed by atoms with van der Waals surface area (Å²) in [6.45, 7) is 10.2. The summed E-state index contributed by atoms with van der Waals surface area (Å²) < 4.78 is 0. The summed E-state index contributed by atoms with van der Waals surface area (Å²) >= 11 is 0. The molecule has 6 heteroatoms. The normalized spacial score (nSPS) is 13.8. The lowest BCUT2D eigenvalue weighted by atomic mass is 10.0. The smallest absolute Gasteiger partial charge is 0.254 e. The summed E-state index contributed by atoms with van der Waals surface area (Å²) in [5, 5.41) is 2.84. The van der Waals surface area contributed by atoms with Gasteiger partial charge in [0, 0.05) is 50.3 Å². The van der Waals surface area contributed by atoms with Crippen molar-refractivity contribution in [2.24, 2.45) is 0 Å². The number of nitrogens with zero attached hydrogens (tertiary/aromatic N) is 2. The van der Waals surface area contributed by atoms with E-state index in [-0.39, 0.29) is 24.1 Å². The Labute approximate surface area is 184 Å². The lowest BCUT2D eigenvalue weighted by Crippen LogP contribution is -2.51. The van der Waals surface area contributed by atoms with E-state index in [4.69, 9.17) is 0 Å². The number of carbonyl (C=O) groups is 3. The molecule has 0 saturated carbocycles. The van der Waals surface area contributed by atoms with Crippen LogP contribution in [0.4, 0.5) is 0 Å². The van der Waals surface area contributed by atoms with E-state index in [1.54, 1.807) is 4.90 Å². The minimum Gasteiger partial charge on any atom is -0.352 e. The molecule has 164 valence electrons. The van der Waals surface area contributed by atoms with Gasteiger partial charge in [-0.2, -0.15) is 0 Å². The fourth-order valence-electron chi connectivity index (χ4n) is 3.99. The maximum absolute atomic E-state index is 12.8. The molecule has 1 fully saturated rings. The third-order valence-corrected chi connectivity index (χ3v) is 5.78. The largest absolute Gasteiger partial charge is 0.352 e. The first-order chi connectivity index (χ1) is 14.8. The van der Waals surface area contributed by atoms with Gasteiger partial charge in [-0.25, -0.2) is 0 Å². The summed E-state index contributed by atoms with van der Waals surface area (Å²) in [7, 11) is 0. The Morgan fingerprint density at radius 1 is 0.774 bits per heavy atom. The second-order valence-corrected chi connectivity index (χ2v) is 8.32. The second kappa shape index (κ2) is 9.77. The zero-order valence-corrected chi connectivity index (χ0v) is 18.8. The first-order valence-corrected chi connectivity index (χ1v) is 10.8. The zero-order valence-electron chi connectivity index (χ0n) is 18.8. The number of amides is 3. The van der Waals surface area contributed by atoms with Crippen LogP contribution >= 0.6 is 0 Å². The molecule has 1 saturated heterocycles. The van der Waals surface area contributed by atoms with Crippen molar-refractivity contribution in [3.05, 3.63) is 69.8 Å². The number of hydrogen-bond donors (Lipinski definition) is 1. The van der Waals surface area contributed by atoms with Crippen LogP contribution in [0.3, 0.4) is 0 Å². The van der Waals surface area contributed by atoms with E-state index >= 15 is 0 Å². The molecule has 6 nitrogen and oxygen atoms in total. The van der Waals surface area contributed by atoms with Gasteiger partial charge in [-0.15, -0.1) is 0 Å². The van der Waals surface area contributed by atoms with Gasteiger partial charge >= 0.3 is 0 Å². The van der Waals surface area contributed by atoms with Gasteiger partial charge in [0.2, 0.25) is 5.91 Å². The fraction of sp³-hybridized carbons (Fsp3) is 0.400. The number of nitrogens with one attached hydrogen (secondary N) is 1. The molecule has 0 bridgehead atoms. The molecule has 0 aromatic heterocycles. The van der Waals surface area contributed by atoms with E-state index < -0.39 is 0 Å². The third kappa shape index (κ3) is 5.51. The first kappa shape index (κ1) is 22.5. The summed E-state index contributed by atoms with van der Waals surface area (Å²) in [5.74, 6) is -0.140. The van der Waals surface area contributed by atoms with E-state index in [2.05, 4.69) is 5.32 Å². The molecule has 2 aromatic carbocycles. The van der Waals surface area contributed by atoms with Gasteiger partial charge in [-0.05, 0) is 51.0 Å². The van der Waals surface area contributed by atoms with Crippen LogP contribution in [0.15, 0.2) is 36.4 Å². The van der Waals surface area contributed by atoms with Crippen LogP contribution in [-0.4, -0.2) is 60.2 Å². The van der Waals surface area contributed by atoms with Crippen LogP contribution in [0.25, 0.3) is 0 Å². The minimum absolute atomic E-state index is 0.000423. The monoisotopic (exact) mass is 421 g/mol. The van der Waals surface area contributed by atoms with Crippen LogP contribution in [0.1, 0.15) is 49.4 Å². The van der Waals surface area contributed by atoms with Crippen LogP contribution in [0.5, 0.6) is 0 Å². The van der Waals surface area contributed by atoms with E-state index in [1.165, 1.54) is 0 Å². The molecule has 31 heavy (non-hydrogen) atoms. The van der Waals surface area contributed by atoms with Gasteiger partial charge in [0.25, 0.3) is 11.8 Å². The Bertz CT molecular complexity index is 992. The van der Waals surface area contributed by atoms with Crippen molar-refractivity contribution in [1.82, 2.24) is 15.1 Å². The number of carbonyl (C=O) groups excluding carboxylic acids is 3. The van der Waals surface area contributed by atoms with Crippen molar-refractivity contribution in [2.45, 2.75) is 34.1 Å². The quantitative estimate of drug-likeness (QED) is 0.807. The topological polar surface area (TPSA) is 69.7 Å². The summed E-state index contributed by atoms with van der Waals surface area (Å²) in [6, 6.07) is 11.5. The van der Waals surface area contributed by atoms with Crippen molar-refractivity contribution >= 4 is 17.7 Å². The van der Waals surface area contributed by atoms with E-state index in [1.807, 2.05) is 69.0 Å². The number of piperazine rings is 1. The van der Waals surface area contributed by atoms with Gasteiger partial charge in [-0.1, -0.05) is 35.4 Å². The lowest BCUT2D eigenvalue weighted by molar-refractivity contribution is -0.132. The molecule has 1 heterocycles. The van der Waals surface area contributed by atoms with E-state index in [0.29, 0.717) is 38.3 Å². The van der Waals surface area contributed by atoms with Crippen LogP contribution in [0, 0.1) is 27.7 Å². The highest BCUT2D eigenvalue weighted by atomic mass is 16.2. The first-order valence-electron chi connectivity index (χ1n) is 10.8. The van der Waals surface area contributed by atoms with Crippen LogP contribution in [0.2, 0.25) is 0 Å². The third-order valence-electron chi connectivity index (χ3n) is 5.78. The highest BCUT2D eigenvalue weighted by Gasteiger charge is 2.25. The van der Waals surface area contributed by atoms with Crippen molar-refractivity contribution in [1.29, 1.82) is 0 Å². The fourth-order valence-corrected chi connectivity index (χ4v) is 3.99. The average molecular weight is 422 g/mol. The maximum Gasteiger partial charge on any atom is 0.254 e. The molecule has 3 rings (SSSR count). The molecule has 3 amide bonds. The Kier molecular flexibility index (Phi) is 7.10. The van der Waals surface area contributed by atoms with Crippen molar-refractivity contribution in [3.8, 4) is 0 Å². The Morgan fingerprint density at radius 2 is 1.29 bits per heavy atom. The summed E-state index contributed by atoms with van der Waals surface area (Å²) in [5.41, 5.74) is 5.50. The number of hydrogen-bond acceptors (Lipinski definition) is 3. The van der Waals surface area contributed by atoms with Gasteiger partial charge in [0.15, 0.2) is 0 Å². The molecule has 1 N–H and O–H groups in total. The molecule has 1 aliphatic heterocycles. The molecule has 2 aromatic rings. The molecule has 0 aliphatic carbocycles. The molecule has 0 atom stereocenters. The van der Waals surface area contributed by atoms with Crippen LogP contribution < -0.4 is 5.32 Å². The average Bonchev–Trinajstić information content (AvgIpc) is 2.73. The predicted molar refractivity (Wildman–Crippen MR) is 121 cm³/mol. The Morgan fingerprint density at radius 3 is 1.84 bits per heavy atom. The SMILES string of the molecule is Cc1ccc(C(=O)NCCC(=O)N2CCN(C(=O)c3ccc(C)cc3C)CC2)c(C)c1. The van der Waals surface area contributed by atoms with Crippen molar-refractivity contribution < 1.29 is 14.4 Å². The molecular formula is C25H31N3O3. The van der Waals surface area contributed by atoms with Gasteiger partial charge in [0.1, 0.15) is 0 Å². The molecular weight excluding hydrogens is 390 g/mol. The number of benzene rings is 2. The molecule has 0 spiro atoms. The highest BCUT2D eigenvalue weighted by Crippen LogP contribution is 2.15. The van der Waals surface area contributed by atoms with Gasteiger partial charge in [-0.3, -0.25) is 14.4 Å². The van der Waals surface area contributed by atoms with E-state index in [9.17, 15) is 14.4 Å². The number of rotatable bonds is 5. The Hall–Kier alpha value is -3.15. The van der Waals surface area contributed by atoms with Gasteiger partial charge in [0.05, 0.1) is 0 Å². The van der Waals surface area contributed by atoms with E-state index in [0.717, 1.165) is 27.8 Å². The zero-order chi connectivity index (χ0) is 22.5. The molecule has 0 radical (unpaired) electrons. The van der Waals surface area contributed by atoms with Crippen LogP contribution in [-0.2, 0) is 4.79 Å². The molecule has 1 aliphatic rings. The summed E-state index contributed by atoms with van der Waals surface area (Å²) in [4.78, 5) is 41.3. The standard InChI is InChI=1S/C25H31N3O3/c1-17-5-7-21(19(3)15-17)24(30)26-10-9-23(29)27-11-13-28(14-12-27)25(31)22-8-6-18(2)16-20(22)4/h5-8,15-16H,9-14H2,1-4H3,(H,26,30). The number of aryl methyl sites for hydroxylation is 4. The molecule has 0 unspecified atom stereocenters. The Balaban J connectivity index is 1.46. The van der Waals surface area contributed by atoms with Gasteiger partial charge < -0.3 is 15.1 Å². The maximum atomic E-state index is 12.8. The van der Waals surface area contributed by atoms with Crippen molar-refractivity contribution in [3.63, 3.8) is 0 Å².